The Kier molecular flexibility index (Phi) is 4.02. The summed E-state index contributed by atoms with van der Waals surface area (Å²) in [6.07, 6.45) is 5.35. The zero-order valence-corrected chi connectivity index (χ0v) is 10.6. The quantitative estimate of drug-likeness (QED) is 0.754. The van der Waals surface area contributed by atoms with E-state index < -0.39 is 5.97 Å². The highest BCUT2D eigenvalue weighted by atomic mass is 16.5. The SMILES string of the molecule is CCOC(=O)c1ccnc(NCCC2CC2)c1N. The molecule has 1 heterocycles. The van der Waals surface area contributed by atoms with Gasteiger partial charge in [0.1, 0.15) is 5.82 Å². The number of hydrogen-bond donors (Lipinski definition) is 2. The Morgan fingerprint density at radius 2 is 2.39 bits per heavy atom. The maximum atomic E-state index is 11.7. The van der Waals surface area contributed by atoms with Crippen LogP contribution >= 0.6 is 0 Å². The molecule has 0 bridgehead atoms. The summed E-state index contributed by atoms with van der Waals surface area (Å²) < 4.78 is 4.94. The van der Waals surface area contributed by atoms with Gasteiger partial charge in [-0.3, -0.25) is 0 Å². The maximum Gasteiger partial charge on any atom is 0.340 e. The highest BCUT2D eigenvalue weighted by molar-refractivity contribution is 5.97. The van der Waals surface area contributed by atoms with Gasteiger partial charge in [0, 0.05) is 12.7 Å². The fourth-order valence-corrected chi connectivity index (χ4v) is 1.80. The molecule has 2 rings (SSSR count). The van der Waals surface area contributed by atoms with Crippen LogP contribution in [0.25, 0.3) is 0 Å². The number of aromatic nitrogens is 1. The van der Waals surface area contributed by atoms with Gasteiger partial charge < -0.3 is 15.8 Å². The first-order valence-electron chi connectivity index (χ1n) is 6.37. The molecule has 0 atom stereocenters. The van der Waals surface area contributed by atoms with Gasteiger partial charge >= 0.3 is 5.97 Å². The summed E-state index contributed by atoms with van der Waals surface area (Å²) in [5.41, 5.74) is 6.66. The second-order valence-electron chi connectivity index (χ2n) is 4.50. The molecule has 0 spiro atoms. The van der Waals surface area contributed by atoms with Gasteiger partial charge in [-0.1, -0.05) is 12.8 Å². The highest BCUT2D eigenvalue weighted by Gasteiger charge is 2.20. The van der Waals surface area contributed by atoms with Gasteiger partial charge in [-0.25, -0.2) is 9.78 Å². The van der Waals surface area contributed by atoms with Crippen LogP contribution in [0.15, 0.2) is 12.3 Å². The molecule has 0 amide bonds. The zero-order valence-electron chi connectivity index (χ0n) is 10.6. The number of carbonyl (C=O) groups excluding carboxylic acids is 1. The molecular weight excluding hydrogens is 230 g/mol. The largest absolute Gasteiger partial charge is 0.462 e. The summed E-state index contributed by atoms with van der Waals surface area (Å²) in [6, 6.07) is 1.58. The number of nitrogens with two attached hydrogens (primary N) is 1. The zero-order chi connectivity index (χ0) is 13.0. The van der Waals surface area contributed by atoms with Gasteiger partial charge in [-0.2, -0.15) is 0 Å². The monoisotopic (exact) mass is 249 g/mol. The molecule has 3 N–H and O–H groups in total. The number of nitrogen functional groups attached to an aromatic ring is 1. The summed E-state index contributed by atoms with van der Waals surface area (Å²) in [7, 11) is 0. The van der Waals surface area contributed by atoms with Crippen molar-refractivity contribution in [2.45, 2.75) is 26.2 Å². The first kappa shape index (κ1) is 12.7. The lowest BCUT2D eigenvalue weighted by Crippen LogP contribution is -2.12. The van der Waals surface area contributed by atoms with E-state index in [1.807, 2.05) is 0 Å². The van der Waals surface area contributed by atoms with Crippen LogP contribution in [0.3, 0.4) is 0 Å². The van der Waals surface area contributed by atoms with Crippen molar-refractivity contribution in [2.24, 2.45) is 5.92 Å². The Morgan fingerprint density at radius 3 is 3.06 bits per heavy atom. The van der Waals surface area contributed by atoms with Crippen LogP contribution in [0.4, 0.5) is 11.5 Å². The van der Waals surface area contributed by atoms with Crippen molar-refractivity contribution in [2.75, 3.05) is 24.2 Å². The minimum Gasteiger partial charge on any atom is -0.462 e. The molecule has 5 heteroatoms. The number of ether oxygens (including phenoxy) is 1. The Hall–Kier alpha value is -1.78. The van der Waals surface area contributed by atoms with Crippen LogP contribution < -0.4 is 11.1 Å². The van der Waals surface area contributed by atoms with Crippen LogP contribution in [0.2, 0.25) is 0 Å². The van der Waals surface area contributed by atoms with Crippen LogP contribution in [0.5, 0.6) is 0 Å². The fraction of sp³-hybridized carbons (Fsp3) is 0.538. The Morgan fingerprint density at radius 1 is 1.61 bits per heavy atom. The van der Waals surface area contributed by atoms with Gasteiger partial charge in [0.15, 0.2) is 0 Å². The van der Waals surface area contributed by atoms with E-state index in [0.717, 1.165) is 18.9 Å². The van der Waals surface area contributed by atoms with E-state index in [1.165, 1.54) is 12.8 Å². The third kappa shape index (κ3) is 3.12. The summed E-state index contributed by atoms with van der Waals surface area (Å²) in [4.78, 5) is 15.8. The van der Waals surface area contributed by atoms with Gasteiger partial charge in [-0.05, 0) is 25.3 Å². The lowest BCUT2D eigenvalue weighted by atomic mass is 10.2. The van der Waals surface area contributed by atoms with Crippen molar-refractivity contribution < 1.29 is 9.53 Å². The topological polar surface area (TPSA) is 77.2 Å². The fourth-order valence-electron chi connectivity index (χ4n) is 1.80. The average Bonchev–Trinajstić information content (AvgIpc) is 3.15. The van der Waals surface area contributed by atoms with E-state index in [1.54, 1.807) is 19.2 Å². The molecule has 1 aliphatic carbocycles. The van der Waals surface area contributed by atoms with Crippen molar-refractivity contribution >= 4 is 17.5 Å². The lowest BCUT2D eigenvalue weighted by molar-refractivity contribution is 0.0527. The normalized spacial score (nSPS) is 14.3. The molecule has 0 saturated heterocycles. The number of rotatable bonds is 6. The number of nitrogens with one attached hydrogen (secondary N) is 1. The first-order chi connectivity index (χ1) is 8.72. The average molecular weight is 249 g/mol. The summed E-state index contributed by atoms with van der Waals surface area (Å²) >= 11 is 0. The van der Waals surface area contributed by atoms with Gasteiger partial charge in [0.25, 0.3) is 0 Å². The Labute approximate surface area is 107 Å². The standard InChI is InChI=1S/C13H19N3O2/c1-2-18-13(17)10-6-8-16-12(11(10)14)15-7-5-9-3-4-9/h6,8-9H,2-5,7,14H2,1H3,(H,15,16). The number of hydrogen-bond acceptors (Lipinski definition) is 5. The van der Waals surface area contributed by atoms with Crippen LogP contribution in [0.1, 0.15) is 36.5 Å². The van der Waals surface area contributed by atoms with Crippen LogP contribution in [-0.2, 0) is 4.74 Å². The van der Waals surface area contributed by atoms with E-state index in [9.17, 15) is 4.79 Å². The van der Waals surface area contributed by atoms with Crippen LogP contribution in [-0.4, -0.2) is 24.1 Å². The second-order valence-corrected chi connectivity index (χ2v) is 4.50. The molecule has 1 aromatic rings. The van der Waals surface area contributed by atoms with Gasteiger partial charge in [-0.15, -0.1) is 0 Å². The molecule has 0 radical (unpaired) electrons. The molecule has 5 nitrogen and oxygen atoms in total. The van der Waals surface area contributed by atoms with Crippen molar-refractivity contribution in [1.82, 2.24) is 4.98 Å². The molecule has 98 valence electrons. The number of anilines is 2. The minimum atomic E-state index is -0.400. The molecule has 0 unspecified atom stereocenters. The predicted octanol–water partition coefficient (Wildman–Crippen LogP) is 2.05. The van der Waals surface area contributed by atoms with E-state index in [-0.39, 0.29) is 0 Å². The van der Waals surface area contributed by atoms with Crippen molar-refractivity contribution in [3.05, 3.63) is 17.8 Å². The smallest absolute Gasteiger partial charge is 0.340 e. The number of nitrogens with zero attached hydrogens (tertiary/aromatic N) is 1. The Balaban J connectivity index is 2.00. The van der Waals surface area contributed by atoms with Gasteiger partial charge in [0.2, 0.25) is 0 Å². The van der Waals surface area contributed by atoms with Crippen molar-refractivity contribution in [1.29, 1.82) is 0 Å². The summed E-state index contributed by atoms with van der Waals surface area (Å²) in [5, 5.41) is 3.18. The first-order valence-corrected chi connectivity index (χ1v) is 6.37. The Bertz CT molecular complexity index is 430. The minimum absolute atomic E-state index is 0.338. The third-order valence-corrected chi connectivity index (χ3v) is 3.03. The molecule has 1 fully saturated rings. The molecule has 1 aromatic heterocycles. The molecule has 1 saturated carbocycles. The molecule has 1 aliphatic rings. The maximum absolute atomic E-state index is 11.7. The summed E-state index contributed by atoms with van der Waals surface area (Å²) in [5.74, 6) is 1.02. The predicted molar refractivity (Wildman–Crippen MR) is 70.4 cm³/mol. The van der Waals surface area contributed by atoms with E-state index in [0.29, 0.717) is 23.7 Å². The lowest BCUT2D eigenvalue weighted by Gasteiger charge is -2.11. The highest BCUT2D eigenvalue weighted by Crippen LogP contribution is 2.32. The van der Waals surface area contributed by atoms with E-state index in [2.05, 4.69) is 10.3 Å². The molecular formula is C13H19N3O2. The molecule has 0 aromatic carbocycles. The van der Waals surface area contributed by atoms with E-state index in [4.69, 9.17) is 10.5 Å². The second kappa shape index (κ2) is 5.71. The number of pyridine rings is 1. The van der Waals surface area contributed by atoms with Crippen molar-refractivity contribution in [3.63, 3.8) is 0 Å². The number of esters is 1. The molecule has 0 aliphatic heterocycles. The van der Waals surface area contributed by atoms with E-state index >= 15 is 0 Å². The molecule has 18 heavy (non-hydrogen) atoms. The third-order valence-electron chi connectivity index (χ3n) is 3.03. The van der Waals surface area contributed by atoms with Gasteiger partial charge in [0.05, 0.1) is 17.9 Å². The van der Waals surface area contributed by atoms with Crippen LogP contribution in [0, 0.1) is 5.92 Å². The summed E-state index contributed by atoms with van der Waals surface area (Å²) in [6.45, 7) is 2.95. The van der Waals surface area contributed by atoms with Crippen molar-refractivity contribution in [3.8, 4) is 0 Å². The number of carbonyl (C=O) groups is 1.